The Morgan fingerprint density at radius 3 is 2.74 bits per heavy atom. The third-order valence-corrected chi connectivity index (χ3v) is 8.64. The Morgan fingerprint density at radius 1 is 1.11 bits per heavy atom. The van der Waals surface area contributed by atoms with Crippen molar-refractivity contribution in [2.75, 3.05) is 13.1 Å². The lowest BCUT2D eigenvalue weighted by Gasteiger charge is -2.43. The van der Waals surface area contributed by atoms with Gasteiger partial charge in [0.05, 0.1) is 16.3 Å². The minimum absolute atomic E-state index is 0.0355. The van der Waals surface area contributed by atoms with Crippen molar-refractivity contribution in [3.8, 4) is 11.3 Å². The number of aryl methyl sites for hydroxylation is 1. The third-order valence-electron chi connectivity index (χ3n) is 8.33. The molecule has 2 aliphatic heterocycles. The Balaban J connectivity index is 1.12. The zero-order chi connectivity index (χ0) is 23.6. The molecule has 1 spiro atoms. The molecule has 178 valence electrons. The number of amides is 2. The van der Waals surface area contributed by atoms with Gasteiger partial charge in [0.25, 0.3) is 0 Å². The van der Waals surface area contributed by atoms with Crippen molar-refractivity contribution < 1.29 is 4.79 Å². The molecule has 3 aliphatic rings. The monoisotopic (exact) mass is 487 g/mol. The largest absolute Gasteiger partial charge is 0.345 e. The zero-order valence-corrected chi connectivity index (χ0v) is 20.1. The van der Waals surface area contributed by atoms with Crippen molar-refractivity contribution >= 4 is 28.7 Å². The van der Waals surface area contributed by atoms with E-state index in [4.69, 9.17) is 16.7 Å². The molecule has 9 heteroatoms. The van der Waals surface area contributed by atoms with Gasteiger partial charge in [0, 0.05) is 66.5 Å². The summed E-state index contributed by atoms with van der Waals surface area (Å²) in [5, 5.41) is 9.83. The number of nitrogens with zero attached hydrogens (tertiary/aromatic N) is 5. The van der Waals surface area contributed by atoms with E-state index in [-0.39, 0.29) is 17.0 Å². The second-order valence-corrected chi connectivity index (χ2v) is 10.6. The molecule has 1 aliphatic carbocycles. The molecule has 1 atom stereocenters. The maximum atomic E-state index is 13.4. The van der Waals surface area contributed by atoms with Crippen molar-refractivity contribution in [1.29, 1.82) is 0 Å². The number of pyridine rings is 2. The number of H-pyrrole nitrogens is 1. The highest BCUT2D eigenvalue weighted by molar-refractivity contribution is 6.35. The van der Waals surface area contributed by atoms with Gasteiger partial charge in [0.15, 0.2) is 0 Å². The number of nitrogens with one attached hydrogen (secondary N) is 2. The van der Waals surface area contributed by atoms with Crippen LogP contribution in [0.15, 0.2) is 49.1 Å². The zero-order valence-electron chi connectivity index (χ0n) is 19.3. The molecule has 0 bridgehead atoms. The summed E-state index contributed by atoms with van der Waals surface area (Å²) >= 11 is 6.31. The van der Waals surface area contributed by atoms with Crippen LogP contribution in [0.3, 0.4) is 0 Å². The molecule has 7 rings (SSSR count). The summed E-state index contributed by atoms with van der Waals surface area (Å²) in [5.74, 6) is 0. The molecule has 2 N–H and O–H groups in total. The predicted molar refractivity (Wildman–Crippen MR) is 133 cm³/mol. The van der Waals surface area contributed by atoms with E-state index < -0.39 is 0 Å². The summed E-state index contributed by atoms with van der Waals surface area (Å²) in [6.07, 6.45) is 12.2. The van der Waals surface area contributed by atoms with Crippen LogP contribution in [0, 0.1) is 0 Å². The number of hydrogen-bond acceptors (Lipinski definition) is 4. The number of halogens is 1. The summed E-state index contributed by atoms with van der Waals surface area (Å²) in [7, 11) is 0. The van der Waals surface area contributed by atoms with Crippen molar-refractivity contribution in [2.45, 2.75) is 49.6 Å². The molecule has 4 aromatic rings. The van der Waals surface area contributed by atoms with Crippen molar-refractivity contribution in [3.63, 3.8) is 0 Å². The highest BCUT2D eigenvalue weighted by Gasteiger charge is 2.48. The molecule has 2 fully saturated rings. The summed E-state index contributed by atoms with van der Waals surface area (Å²) in [5.41, 5.74) is 4.69. The predicted octanol–water partition coefficient (Wildman–Crippen LogP) is 4.61. The Kier molecular flexibility index (Phi) is 4.52. The van der Waals surface area contributed by atoms with Crippen molar-refractivity contribution in [2.24, 2.45) is 0 Å². The molecule has 1 unspecified atom stereocenters. The summed E-state index contributed by atoms with van der Waals surface area (Å²) in [4.78, 5) is 27.1. The number of rotatable bonds is 3. The number of aromatic amines is 1. The van der Waals surface area contributed by atoms with Crippen LogP contribution in [0.4, 0.5) is 4.79 Å². The highest BCUT2D eigenvalue weighted by atomic mass is 35.5. The Hall–Kier alpha value is -3.39. The van der Waals surface area contributed by atoms with E-state index in [1.165, 1.54) is 5.69 Å². The number of likely N-dealkylation sites (tertiary alicyclic amines) is 1. The fourth-order valence-corrected chi connectivity index (χ4v) is 6.34. The summed E-state index contributed by atoms with van der Waals surface area (Å²) in [6, 6.07) is 8.30. The molecule has 0 aromatic carbocycles. The molecular weight excluding hydrogens is 462 g/mol. The van der Waals surface area contributed by atoms with Gasteiger partial charge in [0.1, 0.15) is 5.65 Å². The van der Waals surface area contributed by atoms with Gasteiger partial charge < -0.3 is 15.2 Å². The number of aromatic nitrogens is 5. The lowest BCUT2D eigenvalue weighted by Crippen LogP contribution is -2.54. The average Bonchev–Trinajstić information content (AvgIpc) is 3.63. The molecule has 0 radical (unpaired) electrons. The van der Waals surface area contributed by atoms with E-state index in [1.807, 2.05) is 29.3 Å². The third kappa shape index (κ3) is 3.19. The first-order chi connectivity index (χ1) is 17.1. The van der Waals surface area contributed by atoms with Crippen molar-refractivity contribution in [3.05, 3.63) is 65.3 Å². The normalized spacial score (nSPS) is 22.5. The van der Waals surface area contributed by atoms with Gasteiger partial charge in [-0.15, -0.1) is 0 Å². The van der Waals surface area contributed by atoms with Gasteiger partial charge >= 0.3 is 6.03 Å². The molecule has 2 amide bonds. The fraction of sp³-hybridized carbons (Fsp3) is 0.385. The molecule has 4 aromatic heterocycles. The van der Waals surface area contributed by atoms with Crippen LogP contribution in [0.25, 0.3) is 22.3 Å². The van der Waals surface area contributed by atoms with E-state index in [1.54, 1.807) is 18.6 Å². The lowest BCUT2D eigenvalue weighted by atomic mass is 9.72. The van der Waals surface area contributed by atoms with Crippen molar-refractivity contribution in [1.82, 2.24) is 34.9 Å². The van der Waals surface area contributed by atoms with Gasteiger partial charge in [-0.3, -0.25) is 9.67 Å². The van der Waals surface area contributed by atoms with Gasteiger partial charge in [-0.05, 0) is 61.9 Å². The summed E-state index contributed by atoms with van der Waals surface area (Å²) < 4.78 is 2.12. The smallest absolute Gasteiger partial charge is 0.318 e. The fourth-order valence-electron chi connectivity index (χ4n) is 6.14. The minimum Gasteiger partial charge on any atom is -0.345 e. The Morgan fingerprint density at radius 2 is 1.94 bits per heavy atom. The number of fused-ring (bicyclic) bond motifs is 3. The first-order valence-electron chi connectivity index (χ1n) is 12.2. The molecule has 1 saturated carbocycles. The highest BCUT2D eigenvalue weighted by Crippen LogP contribution is 2.45. The lowest BCUT2D eigenvalue weighted by molar-refractivity contribution is 0.154. The molecule has 6 heterocycles. The van der Waals surface area contributed by atoms with Crippen LogP contribution in [0.1, 0.15) is 43.4 Å². The van der Waals surface area contributed by atoms with Crippen LogP contribution < -0.4 is 5.32 Å². The minimum atomic E-state index is -0.258. The van der Waals surface area contributed by atoms with Crippen LogP contribution in [0.5, 0.6) is 0 Å². The first-order valence-corrected chi connectivity index (χ1v) is 12.6. The summed E-state index contributed by atoms with van der Waals surface area (Å²) in [6.45, 7) is 2.34. The topological polar surface area (TPSA) is 91.7 Å². The van der Waals surface area contributed by atoms with E-state index in [0.717, 1.165) is 79.6 Å². The van der Waals surface area contributed by atoms with Crippen LogP contribution in [-0.4, -0.2) is 48.8 Å². The second kappa shape index (κ2) is 7.55. The van der Waals surface area contributed by atoms with Gasteiger partial charge in [-0.25, -0.2) is 9.78 Å². The van der Waals surface area contributed by atoms with E-state index in [0.29, 0.717) is 5.02 Å². The maximum Gasteiger partial charge on any atom is 0.318 e. The van der Waals surface area contributed by atoms with E-state index in [2.05, 4.69) is 31.0 Å². The van der Waals surface area contributed by atoms with Gasteiger partial charge in [0.2, 0.25) is 0 Å². The van der Waals surface area contributed by atoms with Crippen LogP contribution >= 0.6 is 11.6 Å². The Bertz CT molecular complexity index is 1440. The van der Waals surface area contributed by atoms with Crippen LogP contribution in [0.2, 0.25) is 5.02 Å². The molecule has 35 heavy (non-hydrogen) atoms. The van der Waals surface area contributed by atoms with Crippen LogP contribution in [-0.2, 0) is 17.5 Å². The number of carbonyl (C=O) groups excluding carboxylic acids is 1. The van der Waals surface area contributed by atoms with Gasteiger partial charge in [-0.1, -0.05) is 11.6 Å². The SMILES string of the molecule is O=C(NC1(c2ccncc2)CCC1)N1CCC2(CCn3nc(-c4cnc5[nH]cc(Cl)c5c4)cc32)C1. The standard InChI is InChI=1S/C26H26ClN7O/c27-20-15-30-23-19(20)12-17(14-29-23)21-13-22-25(7-11-34(22)32-21)6-10-33(16-25)24(35)31-26(4-1-5-26)18-2-8-28-9-3-18/h2-3,8-9,12-15H,1,4-7,10-11,16H2,(H,29,30)(H,31,35). The second-order valence-electron chi connectivity index (χ2n) is 10.2. The average molecular weight is 488 g/mol. The number of carbonyl (C=O) groups is 1. The number of urea groups is 1. The van der Waals surface area contributed by atoms with E-state index >= 15 is 0 Å². The molecule has 8 nitrogen and oxygen atoms in total. The Labute approximate surface area is 207 Å². The van der Waals surface area contributed by atoms with E-state index in [9.17, 15) is 4.79 Å². The molecule has 1 saturated heterocycles. The maximum absolute atomic E-state index is 13.4. The van der Waals surface area contributed by atoms with Gasteiger partial charge in [-0.2, -0.15) is 5.10 Å². The molecular formula is C26H26ClN7O. The quantitative estimate of drug-likeness (QED) is 0.441. The first kappa shape index (κ1) is 20.9. The number of hydrogen-bond donors (Lipinski definition) is 2.